The number of nitrogens with one attached hydrogen (secondary N) is 2. The van der Waals surface area contributed by atoms with Crippen LogP contribution in [0, 0.1) is 12.8 Å². The molecule has 1 aromatic carbocycles. The van der Waals surface area contributed by atoms with Gasteiger partial charge in [0.1, 0.15) is 31.5 Å². The van der Waals surface area contributed by atoms with Gasteiger partial charge < -0.3 is 20.2 Å². The lowest BCUT2D eigenvalue weighted by Gasteiger charge is -2.23. The van der Waals surface area contributed by atoms with Gasteiger partial charge in [-0.25, -0.2) is 11.0 Å². The number of carbonyl (C=O) groups is 3. The van der Waals surface area contributed by atoms with Gasteiger partial charge in [-0.15, -0.1) is 0 Å². The van der Waals surface area contributed by atoms with Crippen molar-refractivity contribution in [2.75, 3.05) is 26.3 Å². The minimum absolute atomic E-state index is 0.130. The molecule has 14 heteroatoms. The number of hydroxylamine groups is 2. The van der Waals surface area contributed by atoms with Gasteiger partial charge in [0, 0.05) is 30.6 Å². The van der Waals surface area contributed by atoms with Crippen LogP contribution in [0.2, 0.25) is 0 Å². The molecule has 39 heavy (non-hydrogen) atoms. The van der Waals surface area contributed by atoms with Crippen molar-refractivity contribution in [3.8, 4) is 0 Å². The van der Waals surface area contributed by atoms with Crippen LogP contribution < -0.4 is 11.0 Å². The molecule has 0 saturated carbocycles. The van der Waals surface area contributed by atoms with Gasteiger partial charge in [-0.05, 0) is 43.5 Å². The smallest absolute Gasteiger partial charge is 0.388 e. The second-order valence-corrected chi connectivity index (χ2v) is 9.23. The van der Waals surface area contributed by atoms with Gasteiger partial charge in [-0.3, -0.25) is 24.1 Å². The van der Waals surface area contributed by atoms with E-state index in [2.05, 4.69) is 10.3 Å². The summed E-state index contributed by atoms with van der Waals surface area (Å²) in [7, 11) is 0. The molecule has 0 aliphatic heterocycles. The van der Waals surface area contributed by atoms with E-state index in [1.54, 1.807) is 23.4 Å². The summed E-state index contributed by atoms with van der Waals surface area (Å²) in [4.78, 5) is 48.1. The minimum atomic E-state index is -4.56. The van der Waals surface area contributed by atoms with Crippen LogP contribution in [0.5, 0.6) is 0 Å². The van der Waals surface area contributed by atoms with Crippen molar-refractivity contribution in [2.24, 2.45) is 5.92 Å². The second-order valence-electron chi connectivity index (χ2n) is 9.23. The first kappa shape index (κ1) is 34.2. The van der Waals surface area contributed by atoms with Crippen molar-refractivity contribution >= 4 is 17.7 Å². The highest BCUT2D eigenvalue weighted by atomic mass is 19.4. The highest BCUT2D eigenvalue weighted by Gasteiger charge is 2.37. The van der Waals surface area contributed by atoms with Crippen LogP contribution in [0.4, 0.5) is 13.2 Å². The van der Waals surface area contributed by atoms with E-state index in [4.69, 9.17) is 4.84 Å². The normalized spacial score (nSPS) is 14.7. The number of rotatable bonds is 16. The monoisotopic (exact) mass is 565 g/mol. The average Bonchev–Trinajstić information content (AvgIpc) is 2.86. The van der Waals surface area contributed by atoms with Crippen LogP contribution in [-0.4, -0.2) is 88.7 Å². The van der Waals surface area contributed by atoms with E-state index in [0.29, 0.717) is 24.2 Å². The standard InChI is InChI=1S/C25H38F3N3O8/c1-5-7-31(8-6-2)24(37)18-10-15(3)9-17(12-18)23(36)30-39-14-20(33)22(35)19(32)13-38-29-21(34)11-16(4)25(26,27)28/h9-10,12,16,19-20,22,32-33,35H,5-8,11,13-14H2,1-4H3,(H,29,34)(H,30,36)/t16?,19?,20-,22+/m0/s1. The number of hydrogen-bond acceptors (Lipinski definition) is 8. The molecule has 1 rings (SSSR count). The van der Waals surface area contributed by atoms with Crippen LogP contribution in [0.15, 0.2) is 18.2 Å². The number of hydrogen-bond donors (Lipinski definition) is 5. The van der Waals surface area contributed by atoms with Gasteiger partial charge in [-0.1, -0.05) is 20.8 Å². The Morgan fingerprint density at radius 2 is 1.44 bits per heavy atom. The molecule has 3 amide bonds. The summed E-state index contributed by atoms with van der Waals surface area (Å²) in [5, 5.41) is 29.9. The maximum absolute atomic E-state index is 12.9. The molecule has 0 fully saturated rings. The molecule has 11 nitrogen and oxygen atoms in total. The number of halogens is 3. The Morgan fingerprint density at radius 1 is 0.923 bits per heavy atom. The van der Waals surface area contributed by atoms with Crippen LogP contribution >= 0.6 is 0 Å². The van der Waals surface area contributed by atoms with E-state index in [0.717, 1.165) is 19.8 Å². The summed E-state index contributed by atoms with van der Waals surface area (Å²) >= 11 is 0. The summed E-state index contributed by atoms with van der Waals surface area (Å²) in [6.45, 7) is 6.21. The number of amides is 3. The third-order valence-corrected chi connectivity index (χ3v) is 5.56. The van der Waals surface area contributed by atoms with Crippen LogP contribution in [-0.2, 0) is 14.5 Å². The molecule has 2 unspecified atom stereocenters. The summed E-state index contributed by atoms with van der Waals surface area (Å²) in [6.07, 6.45) is -9.21. The van der Waals surface area contributed by atoms with E-state index in [-0.39, 0.29) is 11.5 Å². The average molecular weight is 566 g/mol. The lowest BCUT2D eigenvalue weighted by atomic mass is 10.0. The number of benzene rings is 1. The molecular weight excluding hydrogens is 527 g/mol. The first-order valence-electron chi connectivity index (χ1n) is 12.6. The van der Waals surface area contributed by atoms with E-state index < -0.39 is 61.9 Å². The zero-order chi connectivity index (χ0) is 29.8. The second kappa shape index (κ2) is 16.4. The Labute approximate surface area is 225 Å². The van der Waals surface area contributed by atoms with Gasteiger partial charge in [0.2, 0.25) is 5.91 Å². The van der Waals surface area contributed by atoms with Crippen molar-refractivity contribution in [1.82, 2.24) is 15.9 Å². The highest BCUT2D eigenvalue weighted by molar-refractivity contribution is 5.99. The predicted molar refractivity (Wildman–Crippen MR) is 133 cm³/mol. The topological polar surface area (TPSA) is 158 Å². The molecule has 0 aliphatic rings. The van der Waals surface area contributed by atoms with Gasteiger partial charge in [0.15, 0.2) is 0 Å². The van der Waals surface area contributed by atoms with E-state index in [1.807, 2.05) is 13.8 Å². The molecular formula is C25H38F3N3O8. The first-order valence-corrected chi connectivity index (χ1v) is 12.6. The highest BCUT2D eigenvalue weighted by Crippen LogP contribution is 2.27. The van der Waals surface area contributed by atoms with Crippen molar-refractivity contribution in [1.29, 1.82) is 0 Å². The predicted octanol–water partition coefficient (Wildman–Crippen LogP) is 1.64. The molecule has 0 radical (unpaired) electrons. The number of aliphatic hydroxyl groups is 3. The lowest BCUT2D eigenvalue weighted by Crippen LogP contribution is -2.44. The zero-order valence-corrected chi connectivity index (χ0v) is 22.5. The number of alkyl halides is 3. The number of carbonyl (C=O) groups excluding carboxylic acids is 3. The van der Waals surface area contributed by atoms with Crippen molar-refractivity contribution in [3.05, 3.63) is 34.9 Å². The minimum Gasteiger partial charge on any atom is -0.388 e. The molecule has 0 aliphatic carbocycles. The van der Waals surface area contributed by atoms with Crippen LogP contribution in [0.25, 0.3) is 0 Å². The SMILES string of the molecule is CCCN(CCC)C(=O)c1cc(C)cc(C(=O)NOC[C@H](O)[C@H](O)C(O)CONC(=O)CC(C)C(F)(F)F)c1. The molecule has 0 aromatic heterocycles. The van der Waals surface area contributed by atoms with Crippen LogP contribution in [0.3, 0.4) is 0 Å². The molecule has 0 spiro atoms. The molecule has 0 saturated heterocycles. The van der Waals surface area contributed by atoms with E-state index in [9.17, 15) is 42.9 Å². The first-order chi connectivity index (χ1) is 18.2. The maximum atomic E-state index is 12.9. The fourth-order valence-corrected chi connectivity index (χ4v) is 3.42. The lowest BCUT2D eigenvalue weighted by molar-refractivity contribution is -0.178. The summed E-state index contributed by atoms with van der Waals surface area (Å²) < 4.78 is 37.4. The zero-order valence-electron chi connectivity index (χ0n) is 22.5. The van der Waals surface area contributed by atoms with Crippen LogP contribution in [0.1, 0.15) is 66.3 Å². The fourth-order valence-electron chi connectivity index (χ4n) is 3.42. The number of aryl methyl sites for hydroxylation is 1. The van der Waals surface area contributed by atoms with Crippen molar-refractivity contribution < 1.29 is 52.5 Å². The van der Waals surface area contributed by atoms with Gasteiger partial charge in [0.25, 0.3) is 11.8 Å². The van der Waals surface area contributed by atoms with Crippen molar-refractivity contribution in [3.63, 3.8) is 0 Å². The maximum Gasteiger partial charge on any atom is 0.392 e. The summed E-state index contributed by atoms with van der Waals surface area (Å²) in [6, 6.07) is 4.62. The number of aliphatic hydroxyl groups excluding tert-OH is 3. The third kappa shape index (κ3) is 11.9. The third-order valence-electron chi connectivity index (χ3n) is 5.56. The van der Waals surface area contributed by atoms with E-state index in [1.165, 1.54) is 12.1 Å². The van der Waals surface area contributed by atoms with Gasteiger partial charge in [0.05, 0.1) is 5.92 Å². The Morgan fingerprint density at radius 3 is 1.95 bits per heavy atom. The Balaban J connectivity index is 2.57. The summed E-state index contributed by atoms with van der Waals surface area (Å²) in [5.74, 6) is -3.92. The van der Waals surface area contributed by atoms with Gasteiger partial charge >= 0.3 is 6.18 Å². The largest absolute Gasteiger partial charge is 0.392 e. The Kier molecular flexibility index (Phi) is 14.4. The molecule has 222 valence electrons. The van der Waals surface area contributed by atoms with Gasteiger partial charge in [-0.2, -0.15) is 13.2 Å². The summed E-state index contributed by atoms with van der Waals surface area (Å²) in [5.41, 5.74) is 4.93. The van der Waals surface area contributed by atoms with E-state index >= 15 is 0 Å². The fraction of sp³-hybridized carbons (Fsp3) is 0.640. The Bertz CT molecular complexity index is 942. The quantitative estimate of drug-likeness (QED) is 0.189. The molecule has 1 aromatic rings. The van der Waals surface area contributed by atoms with Crippen molar-refractivity contribution in [2.45, 2.75) is 71.4 Å². The Hall–Kier alpha value is -2.78. The number of nitrogens with zero attached hydrogens (tertiary/aromatic N) is 1. The molecule has 0 bridgehead atoms. The molecule has 4 atom stereocenters. The molecule has 0 heterocycles. The molecule has 5 N–H and O–H groups in total.